The van der Waals surface area contributed by atoms with Crippen molar-refractivity contribution in [1.29, 1.82) is 0 Å². The van der Waals surface area contributed by atoms with Gasteiger partial charge in [-0.05, 0) is 35.9 Å². The van der Waals surface area contributed by atoms with E-state index in [0.29, 0.717) is 33.7 Å². The lowest BCUT2D eigenvalue weighted by atomic mass is 9.63. The third-order valence-corrected chi connectivity index (χ3v) is 8.25. The third-order valence-electron chi connectivity index (χ3n) is 8.25. The Kier molecular flexibility index (Phi) is 5.25. The molecule has 0 amide bonds. The molecular weight excluding hydrogens is 481 g/mol. The Hall–Kier alpha value is -4.06. The molecule has 0 aromatic heterocycles. The SMILES string of the molecule is COc1ccc(C2C(C(=O)C(C)(C)C)N3c4ccc(F)cc4C=CC3C23C(=O)c2ccccc2C3=O)cc1. The number of carbonyl (C=O) groups excluding carboxylic acids is 3. The van der Waals surface area contributed by atoms with Crippen LogP contribution in [-0.4, -0.2) is 36.5 Å². The molecule has 1 saturated heterocycles. The van der Waals surface area contributed by atoms with Gasteiger partial charge in [0.1, 0.15) is 17.0 Å². The zero-order valence-electron chi connectivity index (χ0n) is 21.7. The molecule has 6 rings (SSSR count). The first kappa shape index (κ1) is 24.3. The number of methoxy groups -OCH3 is 1. The summed E-state index contributed by atoms with van der Waals surface area (Å²) in [7, 11) is 1.57. The molecule has 6 heteroatoms. The molecule has 0 radical (unpaired) electrons. The molecule has 0 N–H and O–H groups in total. The average Bonchev–Trinajstić information content (AvgIpc) is 3.33. The molecule has 1 aliphatic carbocycles. The summed E-state index contributed by atoms with van der Waals surface area (Å²) < 4.78 is 19.6. The third kappa shape index (κ3) is 3.12. The maximum atomic E-state index is 14.5. The summed E-state index contributed by atoms with van der Waals surface area (Å²) in [6.07, 6.45) is 3.57. The van der Waals surface area contributed by atoms with E-state index < -0.39 is 34.6 Å². The van der Waals surface area contributed by atoms with Crippen LogP contribution in [0.5, 0.6) is 5.75 Å². The zero-order chi connectivity index (χ0) is 27.0. The average molecular weight is 510 g/mol. The van der Waals surface area contributed by atoms with Crippen LogP contribution in [0.15, 0.2) is 72.8 Å². The van der Waals surface area contributed by atoms with Gasteiger partial charge in [0.2, 0.25) is 0 Å². The van der Waals surface area contributed by atoms with Gasteiger partial charge < -0.3 is 9.64 Å². The molecule has 3 aromatic carbocycles. The normalized spacial score (nSPS) is 22.9. The number of anilines is 1. The smallest absolute Gasteiger partial charge is 0.180 e. The molecule has 3 aliphatic rings. The Balaban J connectivity index is 1.69. The fourth-order valence-electron chi connectivity index (χ4n) is 6.58. The number of Topliss-reactive ketones (excluding diaryl/α,β-unsaturated/α-hetero) is 3. The van der Waals surface area contributed by atoms with Gasteiger partial charge in [0, 0.05) is 33.7 Å². The molecule has 0 saturated carbocycles. The molecule has 5 nitrogen and oxygen atoms in total. The second kappa shape index (κ2) is 8.22. The molecule has 0 bridgehead atoms. The predicted molar refractivity (Wildman–Crippen MR) is 143 cm³/mol. The van der Waals surface area contributed by atoms with Crippen LogP contribution < -0.4 is 9.64 Å². The maximum absolute atomic E-state index is 14.5. The van der Waals surface area contributed by atoms with Crippen LogP contribution in [0.4, 0.5) is 10.1 Å². The number of hydrogen-bond donors (Lipinski definition) is 0. The summed E-state index contributed by atoms with van der Waals surface area (Å²) in [4.78, 5) is 45.2. The van der Waals surface area contributed by atoms with Gasteiger partial charge in [-0.25, -0.2) is 4.39 Å². The molecule has 3 aromatic rings. The van der Waals surface area contributed by atoms with E-state index in [-0.39, 0.29) is 17.3 Å². The maximum Gasteiger partial charge on any atom is 0.180 e. The molecule has 2 aliphatic heterocycles. The van der Waals surface area contributed by atoms with E-state index in [1.807, 2.05) is 37.8 Å². The summed E-state index contributed by atoms with van der Waals surface area (Å²) in [5, 5.41) is 0. The Morgan fingerprint density at radius 3 is 2.16 bits per heavy atom. The fraction of sp³-hybridized carbons (Fsp3) is 0.281. The van der Waals surface area contributed by atoms with Gasteiger partial charge in [0.15, 0.2) is 17.3 Å². The van der Waals surface area contributed by atoms with Crippen molar-refractivity contribution in [3.63, 3.8) is 0 Å². The number of fused-ring (bicyclic) bond motifs is 5. The topological polar surface area (TPSA) is 63.7 Å². The second-order valence-corrected chi connectivity index (χ2v) is 11.3. The van der Waals surface area contributed by atoms with Crippen molar-refractivity contribution in [3.8, 4) is 5.75 Å². The van der Waals surface area contributed by atoms with Crippen LogP contribution in [0.2, 0.25) is 0 Å². The molecule has 3 unspecified atom stereocenters. The highest BCUT2D eigenvalue weighted by Gasteiger charge is 2.71. The molecular formula is C32H28FNO4. The van der Waals surface area contributed by atoms with Crippen molar-refractivity contribution in [1.82, 2.24) is 0 Å². The minimum atomic E-state index is -1.56. The Morgan fingerprint density at radius 1 is 0.947 bits per heavy atom. The van der Waals surface area contributed by atoms with Gasteiger partial charge in [-0.2, -0.15) is 0 Å². The summed E-state index contributed by atoms with van der Waals surface area (Å²) in [6.45, 7) is 5.54. The van der Waals surface area contributed by atoms with E-state index >= 15 is 0 Å². The summed E-state index contributed by atoms with van der Waals surface area (Å²) in [5.74, 6) is -1.21. The molecule has 192 valence electrons. The first-order valence-electron chi connectivity index (χ1n) is 12.7. The molecule has 1 fully saturated rings. The number of ketones is 3. The molecule has 3 atom stereocenters. The van der Waals surface area contributed by atoms with Crippen LogP contribution in [0.25, 0.3) is 6.08 Å². The van der Waals surface area contributed by atoms with Crippen molar-refractivity contribution in [2.75, 3.05) is 12.0 Å². The first-order chi connectivity index (χ1) is 18.1. The highest BCUT2D eigenvalue weighted by Crippen LogP contribution is 2.61. The highest BCUT2D eigenvalue weighted by atomic mass is 19.1. The van der Waals surface area contributed by atoms with Gasteiger partial charge in [-0.3, -0.25) is 14.4 Å². The van der Waals surface area contributed by atoms with Crippen molar-refractivity contribution in [2.24, 2.45) is 10.8 Å². The van der Waals surface area contributed by atoms with Crippen LogP contribution in [0, 0.1) is 16.6 Å². The van der Waals surface area contributed by atoms with E-state index in [2.05, 4.69) is 0 Å². The van der Waals surface area contributed by atoms with Crippen molar-refractivity contribution in [3.05, 3.63) is 101 Å². The number of halogens is 1. The largest absolute Gasteiger partial charge is 0.497 e. The number of benzene rings is 3. The standard InChI is InChI=1S/C32H28FNO4/c1-31(2,3)30(37)27-26(18-9-13-21(38-4)14-10-18)32(28(35)22-7-5-6-8-23(22)29(32)36)25-16-11-19-17-20(33)12-15-24(19)34(25)27/h5-17,25-27H,1-4H3. The van der Waals surface area contributed by atoms with Gasteiger partial charge in [0.05, 0.1) is 19.2 Å². The van der Waals surface area contributed by atoms with Crippen molar-refractivity contribution >= 4 is 29.1 Å². The number of hydrogen-bond acceptors (Lipinski definition) is 5. The molecule has 38 heavy (non-hydrogen) atoms. The van der Waals surface area contributed by atoms with Gasteiger partial charge in [-0.15, -0.1) is 0 Å². The summed E-state index contributed by atoms with van der Waals surface area (Å²) in [5.41, 5.74) is 0.351. The van der Waals surface area contributed by atoms with Gasteiger partial charge in [0.25, 0.3) is 0 Å². The number of nitrogens with zero attached hydrogens (tertiary/aromatic N) is 1. The van der Waals surface area contributed by atoms with Crippen LogP contribution >= 0.6 is 0 Å². The van der Waals surface area contributed by atoms with Crippen LogP contribution in [-0.2, 0) is 4.79 Å². The minimum Gasteiger partial charge on any atom is -0.497 e. The van der Waals surface area contributed by atoms with E-state index in [1.54, 1.807) is 61.7 Å². The monoisotopic (exact) mass is 509 g/mol. The van der Waals surface area contributed by atoms with Crippen LogP contribution in [0.1, 0.15) is 58.5 Å². The number of carbonyl (C=O) groups is 3. The van der Waals surface area contributed by atoms with E-state index in [1.165, 1.54) is 12.1 Å². The number of ether oxygens (including phenoxy) is 1. The first-order valence-corrected chi connectivity index (χ1v) is 12.7. The highest BCUT2D eigenvalue weighted by molar-refractivity contribution is 6.32. The second-order valence-electron chi connectivity index (χ2n) is 11.3. The zero-order valence-corrected chi connectivity index (χ0v) is 21.7. The van der Waals surface area contributed by atoms with E-state index in [0.717, 1.165) is 0 Å². The van der Waals surface area contributed by atoms with Crippen molar-refractivity contribution < 1.29 is 23.5 Å². The lowest BCUT2D eigenvalue weighted by molar-refractivity contribution is -0.127. The Bertz CT molecular complexity index is 1500. The quantitative estimate of drug-likeness (QED) is 0.413. The van der Waals surface area contributed by atoms with Gasteiger partial charge in [-0.1, -0.05) is 69.3 Å². The van der Waals surface area contributed by atoms with Crippen LogP contribution in [0.3, 0.4) is 0 Å². The summed E-state index contributed by atoms with van der Waals surface area (Å²) >= 11 is 0. The Morgan fingerprint density at radius 2 is 1.58 bits per heavy atom. The predicted octanol–water partition coefficient (Wildman–Crippen LogP) is 5.88. The fourth-order valence-corrected chi connectivity index (χ4v) is 6.58. The minimum absolute atomic E-state index is 0.0951. The molecule has 1 spiro atoms. The summed E-state index contributed by atoms with van der Waals surface area (Å²) in [6, 6.07) is 17.0. The van der Waals surface area contributed by atoms with E-state index in [9.17, 15) is 18.8 Å². The lowest BCUT2D eigenvalue weighted by Crippen LogP contribution is -2.49. The van der Waals surface area contributed by atoms with Crippen molar-refractivity contribution in [2.45, 2.75) is 38.8 Å². The van der Waals surface area contributed by atoms with Gasteiger partial charge >= 0.3 is 0 Å². The Labute approximate surface area is 220 Å². The number of rotatable bonds is 3. The lowest BCUT2D eigenvalue weighted by Gasteiger charge is -2.38. The molecule has 2 heterocycles. The van der Waals surface area contributed by atoms with E-state index in [4.69, 9.17) is 4.74 Å².